The average molecular weight is 466 g/mol. The van der Waals surface area contributed by atoms with Crippen LogP contribution < -0.4 is 4.90 Å². The van der Waals surface area contributed by atoms with E-state index >= 15 is 0 Å². The smallest absolute Gasteiger partial charge is 0.242 e. The van der Waals surface area contributed by atoms with E-state index < -0.39 is 0 Å². The molecule has 0 bridgehead atoms. The van der Waals surface area contributed by atoms with Crippen molar-refractivity contribution in [2.24, 2.45) is 5.92 Å². The molecule has 1 saturated heterocycles. The Kier molecular flexibility index (Phi) is 9.02. The number of anilines is 1. The molecule has 2 amide bonds. The van der Waals surface area contributed by atoms with E-state index in [0.717, 1.165) is 36.5 Å². The molecule has 3 rings (SSSR count). The zero-order valence-corrected chi connectivity index (χ0v) is 21.3. The van der Waals surface area contributed by atoms with Crippen LogP contribution in [0, 0.1) is 12.8 Å². The first-order valence-corrected chi connectivity index (χ1v) is 12.5. The molecule has 0 aliphatic carbocycles. The van der Waals surface area contributed by atoms with Crippen molar-refractivity contribution in [3.05, 3.63) is 42.0 Å². The Balaban J connectivity index is 1.61. The lowest BCUT2D eigenvalue weighted by atomic mass is 10.1. The summed E-state index contributed by atoms with van der Waals surface area (Å²) in [4.78, 5) is 31.7. The molecule has 1 atom stereocenters. The van der Waals surface area contributed by atoms with Crippen LogP contribution in [-0.2, 0) is 9.59 Å². The Labute approximate surface area is 204 Å². The summed E-state index contributed by atoms with van der Waals surface area (Å²) in [5, 5.41) is 8.90. The molecule has 0 spiro atoms. The molecule has 7 nitrogen and oxygen atoms in total. The SMILES string of the molecule is CC[C@H](C)N(CC(=O)N1CCCN(c2ccc(-c3ccc(C)cc3)nn2)CC1)C(=O)CC(C)C. The first-order chi connectivity index (χ1) is 16.3. The second-order valence-electron chi connectivity index (χ2n) is 9.74. The highest BCUT2D eigenvalue weighted by molar-refractivity contribution is 5.85. The second-order valence-corrected chi connectivity index (χ2v) is 9.74. The van der Waals surface area contributed by atoms with Crippen molar-refractivity contribution in [2.75, 3.05) is 37.6 Å². The van der Waals surface area contributed by atoms with Crippen molar-refractivity contribution in [2.45, 2.75) is 59.9 Å². The first kappa shape index (κ1) is 25.7. The van der Waals surface area contributed by atoms with E-state index in [1.54, 1.807) is 4.90 Å². The summed E-state index contributed by atoms with van der Waals surface area (Å²) < 4.78 is 0. The summed E-state index contributed by atoms with van der Waals surface area (Å²) in [7, 11) is 0. The summed E-state index contributed by atoms with van der Waals surface area (Å²) in [6.07, 6.45) is 2.17. The van der Waals surface area contributed by atoms with Gasteiger partial charge in [-0.15, -0.1) is 10.2 Å². The van der Waals surface area contributed by atoms with Crippen molar-refractivity contribution < 1.29 is 9.59 Å². The van der Waals surface area contributed by atoms with E-state index in [4.69, 9.17) is 0 Å². The first-order valence-electron chi connectivity index (χ1n) is 12.5. The van der Waals surface area contributed by atoms with Crippen LogP contribution in [0.25, 0.3) is 11.3 Å². The van der Waals surface area contributed by atoms with Gasteiger partial charge in [-0.25, -0.2) is 0 Å². The van der Waals surface area contributed by atoms with E-state index in [-0.39, 0.29) is 30.3 Å². The standard InChI is InChI=1S/C27H39N5O2/c1-6-22(5)32(26(33)18-20(2)3)19-27(34)31-15-7-14-30(16-17-31)25-13-12-24(28-29-25)23-10-8-21(4)9-11-23/h8-13,20,22H,6-7,14-19H2,1-5H3/t22-/m0/s1. The molecule has 1 aliphatic rings. The summed E-state index contributed by atoms with van der Waals surface area (Å²) in [6, 6.07) is 12.3. The van der Waals surface area contributed by atoms with Gasteiger partial charge in [0.25, 0.3) is 0 Å². The predicted molar refractivity (Wildman–Crippen MR) is 137 cm³/mol. The number of aryl methyl sites for hydroxylation is 1. The number of aromatic nitrogens is 2. The highest BCUT2D eigenvalue weighted by Crippen LogP contribution is 2.20. The molecular weight excluding hydrogens is 426 g/mol. The van der Waals surface area contributed by atoms with Crippen LogP contribution >= 0.6 is 0 Å². The van der Waals surface area contributed by atoms with Crippen molar-refractivity contribution in [3.63, 3.8) is 0 Å². The average Bonchev–Trinajstić information content (AvgIpc) is 3.08. The molecule has 0 unspecified atom stereocenters. The fourth-order valence-corrected chi connectivity index (χ4v) is 4.19. The van der Waals surface area contributed by atoms with Gasteiger partial charge in [0.15, 0.2) is 5.82 Å². The molecule has 34 heavy (non-hydrogen) atoms. The van der Waals surface area contributed by atoms with Crippen LogP contribution in [-0.4, -0.2) is 70.6 Å². The van der Waals surface area contributed by atoms with Gasteiger partial charge in [0, 0.05) is 44.2 Å². The lowest BCUT2D eigenvalue weighted by Crippen LogP contribution is -2.47. The normalized spacial score (nSPS) is 15.2. The number of nitrogens with zero attached hydrogens (tertiary/aromatic N) is 5. The van der Waals surface area contributed by atoms with Gasteiger partial charge in [0.05, 0.1) is 12.2 Å². The lowest BCUT2D eigenvalue weighted by molar-refractivity contribution is -0.142. The molecule has 0 N–H and O–H groups in total. The van der Waals surface area contributed by atoms with Crippen LogP contribution in [0.3, 0.4) is 0 Å². The van der Waals surface area contributed by atoms with Gasteiger partial charge in [0.1, 0.15) is 0 Å². The Hall–Kier alpha value is -2.96. The van der Waals surface area contributed by atoms with Gasteiger partial charge in [-0.05, 0) is 44.7 Å². The summed E-state index contributed by atoms with van der Waals surface area (Å²) in [5.74, 6) is 1.20. The molecule has 1 aromatic carbocycles. The topological polar surface area (TPSA) is 69.6 Å². The number of benzene rings is 1. The minimum Gasteiger partial charge on any atom is -0.353 e. The maximum absolute atomic E-state index is 13.1. The zero-order chi connectivity index (χ0) is 24.7. The number of carbonyl (C=O) groups excluding carboxylic acids is 2. The third-order valence-electron chi connectivity index (χ3n) is 6.50. The largest absolute Gasteiger partial charge is 0.353 e. The summed E-state index contributed by atoms with van der Waals surface area (Å²) in [5.41, 5.74) is 3.12. The Bertz CT molecular complexity index is 942. The quantitative estimate of drug-likeness (QED) is 0.585. The second kappa shape index (κ2) is 12.0. The zero-order valence-electron chi connectivity index (χ0n) is 21.3. The molecule has 0 radical (unpaired) electrons. The van der Waals surface area contributed by atoms with Gasteiger partial charge in [0.2, 0.25) is 11.8 Å². The van der Waals surface area contributed by atoms with Gasteiger partial charge < -0.3 is 14.7 Å². The maximum atomic E-state index is 13.1. The highest BCUT2D eigenvalue weighted by atomic mass is 16.2. The van der Waals surface area contributed by atoms with Gasteiger partial charge in [-0.3, -0.25) is 9.59 Å². The van der Waals surface area contributed by atoms with Crippen LogP contribution in [0.5, 0.6) is 0 Å². The Morgan fingerprint density at radius 2 is 1.71 bits per heavy atom. The number of hydrogen-bond donors (Lipinski definition) is 0. The Morgan fingerprint density at radius 3 is 2.32 bits per heavy atom. The number of amides is 2. The maximum Gasteiger partial charge on any atom is 0.242 e. The third-order valence-corrected chi connectivity index (χ3v) is 6.50. The molecule has 0 saturated carbocycles. The van der Waals surface area contributed by atoms with Crippen LogP contribution in [0.2, 0.25) is 0 Å². The van der Waals surface area contributed by atoms with E-state index in [0.29, 0.717) is 26.1 Å². The molecule has 184 valence electrons. The van der Waals surface area contributed by atoms with E-state index in [1.165, 1.54) is 5.56 Å². The number of rotatable bonds is 8. The lowest BCUT2D eigenvalue weighted by Gasteiger charge is -2.31. The van der Waals surface area contributed by atoms with Gasteiger partial charge >= 0.3 is 0 Å². The fourth-order valence-electron chi connectivity index (χ4n) is 4.19. The van der Waals surface area contributed by atoms with E-state index in [9.17, 15) is 9.59 Å². The van der Waals surface area contributed by atoms with Crippen LogP contribution in [0.1, 0.15) is 52.5 Å². The van der Waals surface area contributed by atoms with E-state index in [2.05, 4.69) is 53.2 Å². The fraction of sp³-hybridized carbons (Fsp3) is 0.556. The van der Waals surface area contributed by atoms with Crippen molar-refractivity contribution in [1.29, 1.82) is 0 Å². The van der Waals surface area contributed by atoms with Gasteiger partial charge in [-0.2, -0.15) is 0 Å². The van der Waals surface area contributed by atoms with E-state index in [1.807, 2.05) is 37.8 Å². The molecule has 1 fully saturated rings. The number of hydrogen-bond acceptors (Lipinski definition) is 5. The van der Waals surface area contributed by atoms with Crippen LogP contribution in [0.4, 0.5) is 5.82 Å². The minimum absolute atomic E-state index is 0.0278. The van der Waals surface area contributed by atoms with Gasteiger partial charge in [-0.1, -0.05) is 50.6 Å². The summed E-state index contributed by atoms with van der Waals surface area (Å²) >= 11 is 0. The monoisotopic (exact) mass is 465 g/mol. The molecule has 7 heteroatoms. The highest BCUT2D eigenvalue weighted by Gasteiger charge is 2.26. The third kappa shape index (κ3) is 6.78. The van der Waals surface area contributed by atoms with Crippen molar-refractivity contribution in [3.8, 4) is 11.3 Å². The Morgan fingerprint density at radius 1 is 0.971 bits per heavy atom. The molecule has 1 aliphatic heterocycles. The molecule has 2 heterocycles. The minimum atomic E-state index is 0.0278. The molecule has 2 aromatic rings. The summed E-state index contributed by atoms with van der Waals surface area (Å²) in [6.45, 7) is 13.2. The number of carbonyl (C=O) groups is 2. The molecular formula is C27H39N5O2. The molecule has 1 aromatic heterocycles. The van der Waals surface area contributed by atoms with Crippen LogP contribution in [0.15, 0.2) is 36.4 Å². The van der Waals surface area contributed by atoms with Crippen molar-refractivity contribution in [1.82, 2.24) is 20.0 Å². The predicted octanol–water partition coefficient (Wildman–Crippen LogP) is 4.16. The van der Waals surface area contributed by atoms with Crippen molar-refractivity contribution >= 4 is 17.6 Å².